The maximum atomic E-state index is 11.9. The Morgan fingerprint density at radius 2 is 1.84 bits per heavy atom. The molecule has 19 heavy (non-hydrogen) atoms. The Bertz CT molecular complexity index is 645. The van der Waals surface area contributed by atoms with Crippen LogP contribution in [0.25, 0.3) is 0 Å². The zero-order valence-corrected chi connectivity index (χ0v) is 11.7. The fraction of sp³-hybridized carbons (Fsp3) is 0.154. The van der Waals surface area contributed by atoms with E-state index in [0.717, 1.165) is 5.56 Å². The fourth-order valence-corrected chi connectivity index (χ4v) is 2.91. The van der Waals surface area contributed by atoms with E-state index in [1.807, 2.05) is 0 Å². The molecule has 2 aromatic rings. The van der Waals surface area contributed by atoms with Crippen LogP contribution in [0, 0.1) is 0 Å². The first-order valence-electron chi connectivity index (χ1n) is 5.66. The van der Waals surface area contributed by atoms with Crippen molar-refractivity contribution in [2.24, 2.45) is 0 Å². The molecule has 1 aromatic heterocycles. The van der Waals surface area contributed by atoms with Gasteiger partial charge in [0, 0.05) is 24.0 Å². The van der Waals surface area contributed by atoms with E-state index in [1.165, 1.54) is 0 Å². The lowest BCUT2D eigenvalue weighted by Crippen LogP contribution is -2.24. The summed E-state index contributed by atoms with van der Waals surface area (Å²) in [5.74, 6) is -0.0847. The molecule has 0 atom stereocenters. The Balaban J connectivity index is 1.99. The van der Waals surface area contributed by atoms with Gasteiger partial charge in [-0.2, -0.15) is 0 Å². The molecular weight excluding hydrogens is 284 g/mol. The van der Waals surface area contributed by atoms with Gasteiger partial charge < -0.3 is 0 Å². The second kappa shape index (κ2) is 6.14. The number of hydrogen-bond acceptors (Lipinski definition) is 3. The van der Waals surface area contributed by atoms with Gasteiger partial charge >= 0.3 is 0 Å². The predicted molar refractivity (Wildman–Crippen MR) is 75.2 cm³/mol. The molecular formula is C13H13ClN2O2S. The van der Waals surface area contributed by atoms with Crippen LogP contribution < -0.4 is 4.72 Å². The Morgan fingerprint density at radius 1 is 1.11 bits per heavy atom. The van der Waals surface area contributed by atoms with E-state index in [1.54, 1.807) is 48.8 Å². The van der Waals surface area contributed by atoms with Crippen LogP contribution in [0.2, 0.25) is 5.02 Å². The van der Waals surface area contributed by atoms with Crippen LogP contribution in [0.5, 0.6) is 0 Å². The SMILES string of the molecule is O=S(=O)(Cc1cccc(Cl)c1)NCc1ccncc1. The third-order valence-electron chi connectivity index (χ3n) is 2.49. The average molecular weight is 297 g/mol. The summed E-state index contributed by atoms with van der Waals surface area (Å²) in [6.45, 7) is 0.255. The first-order chi connectivity index (χ1) is 9.05. The summed E-state index contributed by atoms with van der Waals surface area (Å²) in [4.78, 5) is 3.88. The molecule has 0 spiro atoms. The van der Waals surface area contributed by atoms with E-state index in [-0.39, 0.29) is 12.3 Å². The second-order valence-electron chi connectivity index (χ2n) is 4.07. The highest BCUT2D eigenvalue weighted by atomic mass is 35.5. The van der Waals surface area contributed by atoms with E-state index < -0.39 is 10.0 Å². The van der Waals surface area contributed by atoms with Gasteiger partial charge in [0.1, 0.15) is 0 Å². The molecule has 1 N–H and O–H groups in total. The molecule has 0 unspecified atom stereocenters. The maximum absolute atomic E-state index is 11.9. The van der Waals surface area contributed by atoms with Crippen molar-refractivity contribution in [3.05, 3.63) is 64.9 Å². The first kappa shape index (κ1) is 14.0. The minimum absolute atomic E-state index is 0.0847. The number of sulfonamides is 1. The number of rotatable bonds is 5. The molecule has 2 rings (SSSR count). The van der Waals surface area contributed by atoms with E-state index >= 15 is 0 Å². The van der Waals surface area contributed by atoms with E-state index in [4.69, 9.17) is 11.6 Å². The van der Waals surface area contributed by atoms with Gasteiger partial charge in [-0.3, -0.25) is 4.98 Å². The van der Waals surface area contributed by atoms with Crippen LogP contribution in [0.1, 0.15) is 11.1 Å². The van der Waals surface area contributed by atoms with Crippen molar-refractivity contribution in [3.63, 3.8) is 0 Å². The Morgan fingerprint density at radius 3 is 2.53 bits per heavy atom. The van der Waals surface area contributed by atoms with Gasteiger partial charge in [-0.05, 0) is 35.4 Å². The van der Waals surface area contributed by atoms with E-state index in [9.17, 15) is 8.42 Å². The lowest BCUT2D eigenvalue weighted by molar-refractivity contribution is 0.580. The van der Waals surface area contributed by atoms with Crippen molar-refractivity contribution in [2.75, 3.05) is 0 Å². The van der Waals surface area contributed by atoms with Crippen LogP contribution in [0.4, 0.5) is 0 Å². The van der Waals surface area contributed by atoms with Crippen molar-refractivity contribution in [2.45, 2.75) is 12.3 Å². The molecule has 0 radical (unpaired) electrons. The number of nitrogens with one attached hydrogen (secondary N) is 1. The molecule has 1 aromatic carbocycles. The third-order valence-corrected chi connectivity index (χ3v) is 4.02. The Hall–Kier alpha value is -1.43. The number of pyridine rings is 1. The van der Waals surface area contributed by atoms with Crippen LogP contribution in [-0.2, 0) is 22.3 Å². The molecule has 0 saturated carbocycles. The highest BCUT2D eigenvalue weighted by molar-refractivity contribution is 7.88. The van der Waals surface area contributed by atoms with Gasteiger partial charge in [0.15, 0.2) is 0 Å². The van der Waals surface area contributed by atoms with Crippen molar-refractivity contribution in [3.8, 4) is 0 Å². The van der Waals surface area contributed by atoms with Crippen molar-refractivity contribution in [1.29, 1.82) is 0 Å². The molecule has 0 amide bonds. The summed E-state index contributed by atoms with van der Waals surface area (Å²) < 4.78 is 26.4. The van der Waals surface area contributed by atoms with Gasteiger partial charge in [0.2, 0.25) is 10.0 Å². The molecule has 0 aliphatic carbocycles. The molecule has 1 heterocycles. The topological polar surface area (TPSA) is 59.1 Å². The Labute approximate surface area is 117 Å². The number of nitrogens with zero attached hydrogens (tertiary/aromatic N) is 1. The van der Waals surface area contributed by atoms with E-state index in [0.29, 0.717) is 10.6 Å². The molecule has 0 aliphatic heterocycles. The van der Waals surface area contributed by atoms with E-state index in [2.05, 4.69) is 9.71 Å². The highest BCUT2D eigenvalue weighted by Crippen LogP contribution is 2.13. The molecule has 4 nitrogen and oxygen atoms in total. The predicted octanol–water partition coefficient (Wildman–Crippen LogP) is 2.35. The number of benzene rings is 1. The Kier molecular flexibility index (Phi) is 4.52. The minimum Gasteiger partial charge on any atom is -0.265 e. The number of aromatic nitrogens is 1. The zero-order valence-electron chi connectivity index (χ0n) is 10.1. The van der Waals surface area contributed by atoms with Gasteiger partial charge in [-0.15, -0.1) is 0 Å². The summed E-state index contributed by atoms with van der Waals surface area (Å²) in [5.41, 5.74) is 1.53. The molecule has 0 saturated heterocycles. The van der Waals surface area contributed by atoms with Gasteiger partial charge in [-0.25, -0.2) is 13.1 Å². The van der Waals surface area contributed by atoms with Crippen LogP contribution in [-0.4, -0.2) is 13.4 Å². The summed E-state index contributed by atoms with van der Waals surface area (Å²) in [6, 6.07) is 10.4. The molecule has 6 heteroatoms. The largest absolute Gasteiger partial charge is 0.265 e. The normalized spacial score (nSPS) is 11.4. The smallest absolute Gasteiger partial charge is 0.216 e. The van der Waals surface area contributed by atoms with Crippen LogP contribution in [0.3, 0.4) is 0 Å². The lowest BCUT2D eigenvalue weighted by atomic mass is 10.2. The zero-order chi connectivity index (χ0) is 13.7. The maximum Gasteiger partial charge on any atom is 0.216 e. The van der Waals surface area contributed by atoms with Crippen molar-refractivity contribution >= 4 is 21.6 Å². The highest BCUT2D eigenvalue weighted by Gasteiger charge is 2.11. The molecule has 0 bridgehead atoms. The van der Waals surface area contributed by atoms with Crippen molar-refractivity contribution in [1.82, 2.24) is 9.71 Å². The van der Waals surface area contributed by atoms with Crippen molar-refractivity contribution < 1.29 is 8.42 Å². The molecule has 0 aliphatic rings. The fourth-order valence-electron chi connectivity index (χ4n) is 1.59. The monoisotopic (exact) mass is 296 g/mol. The standard InChI is InChI=1S/C13H13ClN2O2S/c14-13-3-1-2-12(8-13)10-19(17,18)16-9-11-4-6-15-7-5-11/h1-8,16H,9-10H2. The average Bonchev–Trinajstić information content (AvgIpc) is 2.37. The lowest BCUT2D eigenvalue weighted by Gasteiger charge is -2.07. The van der Waals surface area contributed by atoms with Crippen LogP contribution in [0.15, 0.2) is 48.8 Å². The summed E-state index contributed by atoms with van der Waals surface area (Å²) >= 11 is 5.82. The minimum atomic E-state index is -3.38. The summed E-state index contributed by atoms with van der Waals surface area (Å²) in [6.07, 6.45) is 3.25. The molecule has 0 fully saturated rings. The number of hydrogen-bond donors (Lipinski definition) is 1. The third kappa shape index (κ3) is 4.63. The van der Waals surface area contributed by atoms with Gasteiger partial charge in [0.05, 0.1) is 5.75 Å². The first-order valence-corrected chi connectivity index (χ1v) is 7.69. The summed E-state index contributed by atoms with van der Waals surface area (Å²) in [5, 5.41) is 0.529. The van der Waals surface area contributed by atoms with Gasteiger partial charge in [-0.1, -0.05) is 23.7 Å². The second-order valence-corrected chi connectivity index (χ2v) is 6.31. The quantitative estimate of drug-likeness (QED) is 0.921. The summed E-state index contributed by atoms with van der Waals surface area (Å²) in [7, 11) is -3.38. The van der Waals surface area contributed by atoms with Gasteiger partial charge in [0.25, 0.3) is 0 Å². The number of halogens is 1. The molecule has 100 valence electrons. The van der Waals surface area contributed by atoms with Crippen LogP contribution >= 0.6 is 11.6 Å².